The van der Waals surface area contributed by atoms with Gasteiger partial charge in [0.15, 0.2) is 0 Å². The first-order valence-electron chi connectivity index (χ1n) is 5.95. The summed E-state index contributed by atoms with van der Waals surface area (Å²) in [5.41, 5.74) is 0.0651. The molecule has 2 N–H and O–H groups in total. The smallest absolute Gasteiger partial charge is 0.0791 e. The van der Waals surface area contributed by atoms with Gasteiger partial charge in [0, 0.05) is 38.9 Å². The number of methoxy groups -OCH3 is 1. The SMILES string of the molecule is COCCCN(C)CC(O)CNC(C)(C)C. The van der Waals surface area contributed by atoms with Crippen LogP contribution in [0.1, 0.15) is 27.2 Å². The van der Waals surface area contributed by atoms with E-state index in [0.717, 1.165) is 19.6 Å². The number of nitrogens with zero attached hydrogens (tertiary/aromatic N) is 1. The second kappa shape index (κ2) is 8.01. The van der Waals surface area contributed by atoms with Crippen LogP contribution in [0.3, 0.4) is 0 Å². The summed E-state index contributed by atoms with van der Waals surface area (Å²) >= 11 is 0. The van der Waals surface area contributed by atoms with Crippen molar-refractivity contribution in [3.05, 3.63) is 0 Å². The summed E-state index contributed by atoms with van der Waals surface area (Å²) in [5.74, 6) is 0. The molecule has 0 aliphatic carbocycles. The van der Waals surface area contributed by atoms with E-state index in [1.165, 1.54) is 0 Å². The number of hydrogen-bond acceptors (Lipinski definition) is 4. The van der Waals surface area contributed by atoms with Gasteiger partial charge in [-0.15, -0.1) is 0 Å². The molecule has 0 amide bonds. The van der Waals surface area contributed by atoms with Gasteiger partial charge in [0.05, 0.1) is 6.10 Å². The maximum Gasteiger partial charge on any atom is 0.0791 e. The number of aliphatic hydroxyl groups is 1. The third-order valence-electron chi connectivity index (χ3n) is 2.28. The summed E-state index contributed by atoms with van der Waals surface area (Å²) in [4.78, 5) is 2.13. The van der Waals surface area contributed by atoms with E-state index in [1.54, 1.807) is 7.11 Å². The number of nitrogens with one attached hydrogen (secondary N) is 1. The number of hydrogen-bond donors (Lipinski definition) is 2. The van der Waals surface area contributed by atoms with Crippen molar-refractivity contribution in [1.82, 2.24) is 10.2 Å². The Hall–Kier alpha value is -0.160. The van der Waals surface area contributed by atoms with E-state index in [4.69, 9.17) is 4.74 Å². The minimum Gasteiger partial charge on any atom is -0.390 e. The lowest BCUT2D eigenvalue weighted by atomic mass is 10.1. The van der Waals surface area contributed by atoms with E-state index in [0.29, 0.717) is 13.1 Å². The molecule has 0 radical (unpaired) electrons. The van der Waals surface area contributed by atoms with Crippen molar-refractivity contribution in [3.63, 3.8) is 0 Å². The highest BCUT2D eigenvalue weighted by Crippen LogP contribution is 1.99. The van der Waals surface area contributed by atoms with Crippen LogP contribution in [0.4, 0.5) is 0 Å². The third-order valence-corrected chi connectivity index (χ3v) is 2.28. The maximum absolute atomic E-state index is 9.80. The highest BCUT2D eigenvalue weighted by atomic mass is 16.5. The highest BCUT2D eigenvalue weighted by Gasteiger charge is 2.13. The lowest BCUT2D eigenvalue weighted by Crippen LogP contribution is -2.44. The van der Waals surface area contributed by atoms with Gasteiger partial charge in [-0.2, -0.15) is 0 Å². The van der Waals surface area contributed by atoms with E-state index < -0.39 is 0 Å². The average molecular weight is 232 g/mol. The Bertz CT molecular complexity index is 169. The molecule has 1 atom stereocenters. The van der Waals surface area contributed by atoms with Gasteiger partial charge in [-0.25, -0.2) is 0 Å². The fourth-order valence-electron chi connectivity index (χ4n) is 1.42. The number of ether oxygens (including phenoxy) is 1. The molecule has 0 spiro atoms. The zero-order valence-electron chi connectivity index (χ0n) is 11.4. The molecule has 1 unspecified atom stereocenters. The van der Waals surface area contributed by atoms with Crippen molar-refractivity contribution in [3.8, 4) is 0 Å². The molecular weight excluding hydrogens is 204 g/mol. The minimum absolute atomic E-state index is 0.0651. The van der Waals surface area contributed by atoms with Gasteiger partial charge in [-0.05, 0) is 34.2 Å². The average Bonchev–Trinajstić information content (AvgIpc) is 2.14. The van der Waals surface area contributed by atoms with Crippen molar-refractivity contribution in [2.45, 2.75) is 38.8 Å². The molecule has 0 aliphatic heterocycles. The first-order valence-corrected chi connectivity index (χ1v) is 5.95. The number of likely N-dealkylation sites (N-methyl/N-ethyl adjacent to an activating group) is 1. The Morgan fingerprint density at radius 1 is 1.38 bits per heavy atom. The molecular formula is C12H28N2O2. The normalized spacial score (nSPS) is 14.4. The first-order chi connectivity index (χ1) is 7.35. The fraction of sp³-hybridized carbons (Fsp3) is 1.00. The van der Waals surface area contributed by atoms with Gasteiger partial charge in [0.1, 0.15) is 0 Å². The Morgan fingerprint density at radius 3 is 2.50 bits per heavy atom. The summed E-state index contributed by atoms with van der Waals surface area (Å²) in [6.07, 6.45) is 0.693. The predicted octanol–water partition coefficient (Wildman–Crippen LogP) is 0.704. The molecule has 16 heavy (non-hydrogen) atoms. The van der Waals surface area contributed by atoms with Crippen molar-refractivity contribution < 1.29 is 9.84 Å². The standard InChI is InChI=1S/C12H28N2O2/c1-12(2,3)13-9-11(15)10-14(4)7-6-8-16-5/h11,13,15H,6-10H2,1-5H3. The molecule has 0 aliphatic rings. The zero-order valence-corrected chi connectivity index (χ0v) is 11.4. The van der Waals surface area contributed by atoms with Gasteiger partial charge in [-0.1, -0.05) is 0 Å². The number of rotatable bonds is 8. The summed E-state index contributed by atoms with van der Waals surface area (Å²) in [5, 5.41) is 13.1. The highest BCUT2D eigenvalue weighted by molar-refractivity contribution is 4.74. The van der Waals surface area contributed by atoms with Crippen molar-refractivity contribution in [2.75, 3.05) is 40.4 Å². The van der Waals surface area contributed by atoms with Gasteiger partial charge >= 0.3 is 0 Å². The van der Waals surface area contributed by atoms with Crippen molar-refractivity contribution in [2.24, 2.45) is 0 Å². The fourth-order valence-corrected chi connectivity index (χ4v) is 1.42. The van der Waals surface area contributed by atoms with Crippen LogP contribution in [0.5, 0.6) is 0 Å². The largest absolute Gasteiger partial charge is 0.390 e. The van der Waals surface area contributed by atoms with Crippen LogP contribution in [0.2, 0.25) is 0 Å². The summed E-state index contributed by atoms with van der Waals surface area (Å²) in [6, 6.07) is 0. The number of aliphatic hydroxyl groups excluding tert-OH is 1. The van der Waals surface area contributed by atoms with Crippen LogP contribution in [0, 0.1) is 0 Å². The summed E-state index contributed by atoms with van der Waals surface area (Å²) in [7, 11) is 3.73. The molecule has 0 aromatic rings. The van der Waals surface area contributed by atoms with Crippen LogP contribution in [-0.4, -0.2) is 62.0 Å². The van der Waals surface area contributed by atoms with E-state index in [2.05, 4.69) is 31.0 Å². The van der Waals surface area contributed by atoms with Gasteiger partial charge in [0.25, 0.3) is 0 Å². The topological polar surface area (TPSA) is 44.7 Å². The Morgan fingerprint density at radius 2 is 2.00 bits per heavy atom. The molecule has 0 aromatic heterocycles. The van der Waals surface area contributed by atoms with Crippen molar-refractivity contribution in [1.29, 1.82) is 0 Å². The molecule has 4 heteroatoms. The summed E-state index contributed by atoms with van der Waals surface area (Å²) in [6.45, 7) is 9.37. The van der Waals surface area contributed by atoms with E-state index >= 15 is 0 Å². The molecule has 0 aromatic carbocycles. The van der Waals surface area contributed by atoms with Crippen molar-refractivity contribution >= 4 is 0 Å². The predicted molar refractivity (Wildman–Crippen MR) is 67.8 cm³/mol. The Balaban J connectivity index is 3.57. The Labute approximate surface area is 100.0 Å². The first kappa shape index (κ1) is 15.8. The van der Waals surface area contributed by atoms with Gasteiger partial charge in [0.2, 0.25) is 0 Å². The van der Waals surface area contributed by atoms with E-state index in [1.807, 2.05) is 7.05 Å². The van der Waals surface area contributed by atoms with Gasteiger partial charge in [-0.3, -0.25) is 0 Å². The van der Waals surface area contributed by atoms with Crippen LogP contribution in [-0.2, 0) is 4.74 Å². The van der Waals surface area contributed by atoms with Crippen LogP contribution in [0.15, 0.2) is 0 Å². The molecule has 0 heterocycles. The molecule has 0 saturated heterocycles. The second-order valence-corrected chi connectivity index (χ2v) is 5.39. The molecule has 0 fully saturated rings. The van der Waals surface area contributed by atoms with Crippen LogP contribution < -0.4 is 5.32 Å². The van der Waals surface area contributed by atoms with E-state index in [9.17, 15) is 5.11 Å². The third kappa shape index (κ3) is 10.4. The lowest BCUT2D eigenvalue weighted by Gasteiger charge is -2.25. The quantitative estimate of drug-likeness (QED) is 0.605. The van der Waals surface area contributed by atoms with Crippen LogP contribution in [0.25, 0.3) is 0 Å². The van der Waals surface area contributed by atoms with Gasteiger partial charge < -0.3 is 20.1 Å². The molecule has 98 valence electrons. The number of β-amino-alcohol motifs (C(OH)–C–C–N with tert-alkyl or cyclic N) is 1. The Kier molecular flexibility index (Phi) is 7.93. The maximum atomic E-state index is 9.80. The molecule has 0 bridgehead atoms. The lowest BCUT2D eigenvalue weighted by molar-refractivity contribution is 0.110. The molecule has 0 saturated carbocycles. The second-order valence-electron chi connectivity index (χ2n) is 5.39. The van der Waals surface area contributed by atoms with Crippen LogP contribution >= 0.6 is 0 Å². The monoisotopic (exact) mass is 232 g/mol. The minimum atomic E-state index is -0.313. The summed E-state index contributed by atoms with van der Waals surface area (Å²) < 4.78 is 4.99. The molecule has 0 rings (SSSR count). The van der Waals surface area contributed by atoms with E-state index in [-0.39, 0.29) is 11.6 Å². The molecule has 4 nitrogen and oxygen atoms in total. The zero-order chi connectivity index (χ0) is 12.6.